The number of aromatic nitrogens is 1. The molecule has 0 aliphatic rings. The third kappa shape index (κ3) is 3.57. The van der Waals surface area contributed by atoms with Crippen molar-refractivity contribution < 1.29 is 17.0 Å². The average molecular weight is 374 g/mol. The zero-order valence-corrected chi connectivity index (χ0v) is 15.3. The summed E-state index contributed by atoms with van der Waals surface area (Å²) in [5, 5.41) is 6.40. The van der Waals surface area contributed by atoms with Crippen LogP contribution in [0.1, 0.15) is 16.7 Å². The molecule has 114 valence electrons. The van der Waals surface area contributed by atoms with E-state index in [0.717, 1.165) is 16.5 Å². The number of aryl methyl sites for hydroxylation is 3. The van der Waals surface area contributed by atoms with E-state index < -0.39 is 0 Å². The van der Waals surface area contributed by atoms with Crippen LogP contribution in [0.3, 0.4) is 0 Å². The van der Waals surface area contributed by atoms with E-state index in [0.29, 0.717) is 0 Å². The fourth-order valence-electron chi connectivity index (χ4n) is 2.67. The lowest BCUT2D eigenvalue weighted by Crippen LogP contribution is -3.00. The van der Waals surface area contributed by atoms with Crippen molar-refractivity contribution in [3.05, 3.63) is 64.5 Å². The minimum Gasteiger partial charge on any atom is -1.00 e. The third-order valence-electron chi connectivity index (χ3n) is 3.46. The van der Waals surface area contributed by atoms with Gasteiger partial charge >= 0.3 is 0 Å². The van der Waals surface area contributed by atoms with Crippen molar-refractivity contribution in [3.8, 4) is 11.3 Å². The molecule has 0 unspecified atom stereocenters. The van der Waals surface area contributed by atoms with Gasteiger partial charge in [0.2, 0.25) is 0 Å². The Hall–Kier alpha value is -1.65. The van der Waals surface area contributed by atoms with Crippen LogP contribution in [0.15, 0.2) is 47.8 Å². The van der Waals surface area contributed by atoms with Gasteiger partial charge in [-0.25, -0.2) is 4.98 Å². The Labute approximate surface area is 146 Å². The summed E-state index contributed by atoms with van der Waals surface area (Å²) in [4.78, 5) is 4.73. The molecule has 3 aromatic rings. The molecule has 1 aromatic heterocycles. The molecule has 2 aromatic carbocycles. The van der Waals surface area contributed by atoms with Crippen LogP contribution in [0.25, 0.3) is 11.3 Å². The number of benzene rings is 2. The van der Waals surface area contributed by atoms with Crippen LogP contribution >= 0.6 is 11.3 Å². The Kier molecular flexibility index (Phi) is 5.37. The van der Waals surface area contributed by atoms with E-state index in [4.69, 9.17) is 4.98 Å². The first-order valence-corrected chi connectivity index (χ1v) is 7.87. The molecule has 0 saturated carbocycles. The van der Waals surface area contributed by atoms with E-state index in [9.17, 15) is 0 Å². The number of rotatable bonds is 3. The quantitative estimate of drug-likeness (QED) is 0.762. The molecule has 0 bridgehead atoms. The van der Waals surface area contributed by atoms with Gasteiger partial charge in [-0.15, -0.1) is 11.3 Å². The first-order valence-electron chi connectivity index (χ1n) is 6.99. The fraction of sp³-hybridized carbons (Fsp3) is 0.167. The van der Waals surface area contributed by atoms with Crippen LogP contribution in [0.4, 0.5) is 10.8 Å². The number of hydrogen-bond donors (Lipinski definition) is 1. The molecule has 4 heteroatoms. The van der Waals surface area contributed by atoms with E-state index in [1.165, 1.54) is 22.3 Å². The van der Waals surface area contributed by atoms with E-state index >= 15 is 0 Å². The normalized spacial score (nSPS) is 10.1. The highest BCUT2D eigenvalue weighted by Crippen LogP contribution is 2.31. The predicted octanol–water partition coefficient (Wildman–Crippen LogP) is 2.48. The monoisotopic (exact) mass is 373 g/mol. The second kappa shape index (κ2) is 7.07. The second-order valence-corrected chi connectivity index (χ2v) is 6.16. The van der Waals surface area contributed by atoms with Crippen LogP contribution < -0.4 is 22.3 Å². The van der Waals surface area contributed by atoms with Gasteiger partial charge in [-0.05, 0) is 44.0 Å². The van der Waals surface area contributed by atoms with E-state index in [1.807, 2.05) is 30.3 Å². The summed E-state index contributed by atoms with van der Waals surface area (Å²) in [6, 6.07) is 14.6. The molecule has 22 heavy (non-hydrogen) atoms. The van der Waals surface area contributed by atoms with Crippen LogP contribution in [0.5, 0.6) is 0 Å². The summed E-state index contributed by atoms with van der Waals surface area (Å²) < 4.78 is 0. The Bertz CT molecular complexity index is 743. The van der Waals surface area contributed by atoms with Gasteiger partial charge in [0.25, 0.3) is 0 Å². The summed E-state index contributed by atoms with van der Waals surface area (Å²) in [5.41, 5.74) is 7.22. The molecule has 2 nitrogen and oxygen atoms in total. The molecule has 0 aliphatic carbocycles. The van der Waals surface area contributed by atoms with Gasteiger partial charge in [0.05, 0.1) is 5.69 Å². The molecule has 1 N–H and O–H groups in total. The van der Waals surface area contributed by atoms with Gasteiger partial charge < -0.3 is 22.3 Å². The maximum absolute atomic E-state index is 4.73. The SMILES string of the molecule is Cc1cc(C)c(-c2csc(Nc3ccccc3)n2)c(C)c1.[Br-]. The molecule has 0 fully saturated rings. The molecule has 0 radical (unpaired) electrons. The highest BCUT2D eigenvalue weighted by atomic mass is 79.9. The Morgan fingerprint density at radius 2 is 1.59 bits per heavy atom. The summed E-state index contributed by atoms with van der Waals surface area (Å²) in [6.45, 7) is 6.44. The van der Waals surface area contributed by atoms with Crippen LogP contribution in [-0.2, 0) is 0 Å². The van der Waals surface area contributed by atoms with Crippen LogP contribution in [0.2, 0.25) is 0 Å². The highest BCUT2D eigenvalue weighted by Gasteiger charge is 2.10. The number of nitrogens with one attached hydrogen (secondary N) is 1. The molecule has 0 amide bonds. The largest absolute Gasteiger partial charge is 1.00 e. The van der Waals surface area contributed by atoms with Gasteiger partial charge in [-0.1, -0.05) is 35.9 Å². The van der Waals surface area contributed by atoms with Crippen molar-refractivity contribution in [1.82, 2.24) is 4.98 Å². The summed E-state index contributed by atoms with van der Waals surface area (Å²) in [5.74, 6) is 0. The maximum Gasteiger partial charge on any atom is 0.187 e. The molecular formula is C18H18BrN2S-. The first kappa shape index (κ1) is 16.7. The zero-order chi connectivity index (χ0) is 14.8. The van der Waals surface area contributed by atoms with Crippen molar-refractivity contribution >= 4 is 22.2 Å². The molecule has 0 spiro atoms. The van der Waals surface area contributed by atoms with Crippen molar-refractivity contribution in [1.29, 1.82) is 0 Å². The van der Waals surface area contributed by atoms with Gasteiger partial charge in [-0.3, -0.25) is 0 Å². The van der Waals surface area contributed by atoms with Gasteiger partial charge in [0, 0.05) is 16.6 Å². The molecule has 1 heterocycles. The summed E-state index contributed by atoms with van der Waals surface area (Å²) in [6.07, 6.45) is 0. The molecule has 0 atom stereocenters. The zero-order valence-electron chi connectivity index (χ0n) is 12.9. The van der Waals surface area contributed by atoms with Crippen molar-refractivity contribution in [2.45, 2.75) is 20.8 Å². The number of nitrogens with zero attached hydrogens (tertiary/aromatic N) is 1. The number of para-hydroxylation sites is 1. The number of halogens is 1. The molecule has 3 rings (SSSR count). The minimum atomic E-state index is 0. The lowest BCUT2D eigenvalue weighted by Gasteiger charge is -2.08. The highest BCUT2D eigenvalue weighted by molar-refractivity contribution is 7.14. The fourth-order valence-corrected chi connectivity index (χ4v) is 3.40. The van der Waals surface area contributed by atoms with Gasteiger partial charge in [-0.2, -0.15) is 0 Å². The number of thiazole rings is 1. The third-order valence-corrected chi connectivity index (χ3v) is 4.22. The average Bonchev–Trinajstić information content (AvgIpc) is 2.87. The van der Waals surface area contributed by atoms with Crippen LogP contribution in [0, 0.1) is 20.8 Å². The van der Waals surface area contributed by atoms with Crippen molar-refractivity contribution in [3.63, 3.8) is 0 Å². The predicted molar refractivity (Wildman–Crippen MR) is 91.5 cm³/mol. The molecule has 0 saturated heterocycles. The summed E-state index contributed by atoms with van der Waals surface area (Å²) >= 11 is 1.64. The number of anilines is 2. The molecular weight excluding hydrogens is 356 g/mol. The first-order chi connectivity index (χ1) is 10.1. The van der Waals surface area contributed by atoms with Crippen molar-refractivity contribution in [2.75, 3.05) is 5.32 Å². The summed E-state index contributed by atoms with van der Waals surface area (Å²) in [7, 11) is 0. The topological polar surface area (TPSA) is 24.9 Å². The van der Waals surface area contributed by atoms with E-state index in [2.05, 4.69) is 43.6 Å². The maximum atomic E-state index is 4.73. The Balaban J connectivity index is 0.00000176. The van der Waals surface area contributed by atoms with Crippen molar-refractivity contribution in [2.24, 2.45) is 0 Å². The molecule has 0 aliphatic heterocycles. The lowest BCUT2D eigenvalue weighted by atomic mass is 9.98. The van der Waals surface area contributed by atoms with E-state index in [1.54, 1.807) is 11.3 Å². The van der Waals surface area contributed by atoms with E-state index in [-0.39, 0.29) is 17.0 Å². The lowest BCUT2D eigenvalue weighted by molar-refractivity contribution is -0.00000438. The Morgan fingerprint density at radius 3 is 2.23 bits per heavy atom. The Morgan fingerprint density at radius 1 is 0.955 bits per heavy atom. The smallest absolute Gasteiger partial charge is 0.187 e. The van der Waals surface area contributed by atoms with Crippen LogP contribution in [-0.4, -0.2) is 4.98 Å². The minimum absolute atomic E-state index is 0. The van der Waals surface area contributed by atoms with Gasteiger partial charge in [0.1, 0.15) is 0 Å². The van der Waals surface area contributed by atoms with Gasteiger partial charge in [0.15, 0.2) is 5.13 Å². The second-order valence-electron chi connectivity index (χ2n) is 5.30. The number of hydrogen-bond acceptors (Lipinski definition) is 3. The standard InChI is InChI=1S/C18H18N2S.BrH/c1-12-9-13(2)17(14(3)10-12)16-11-21-18(20-16)19-15-7-5-4-6-8-15;/h4-11H,1-3H3,(H,19,20);1H/p-1.